The smallest absolute Gasteiger partial charge is 0.249 e. The van der Waals surface area contributed by atoms with Gasteiger partial charge in [-0.05, 0) is 12.5 Å². The fourth-order valence-corrected chi connectivity index (χ4v) is 2.56. The summed E-state index contributed by atoms with van der Waals surface area (Å²) in [5.41, 5.74) is 1.50. The van der Waals surface area contributed by atoms with Crippen molar-refractivity contribution in [2.24, 2.45) is 0 Å². The summed E-state index contributed by atoms with van der Waals surface area (Å²) in [4.78, 5) is 31.6. The second-order valence-electron chi connectivity index (χ2n) is 4.36. The van der Waals surface area contributed by atoms with E-state index in [0.29, 0.717) is 24.2 Å². The van der Waals surface area contributed by atoms with E-state index in [1.807, 2.05) is 0 Å². The Balaban J connectivity index is 2.13. The number of nitrogens with zero attached hydrogens (tertiary/aromatic N) is 3. The van der Waals surface area contributed by atoms with E-state index in [4.69, 9.17) is 11.6 Å². The molecule has 0 spiro atoms. The van der Waals surface area contributed by atoms with Crippen LogP contribution in [-0.4, -0.2) is 26.3 Å². The van der Waals surface area contributed by atoms with Crippen LogP contribution in [-0.2, 0) is 15.5 Å². The van der Waals surface area contributed by atoms with E-state index in [2.05, 4.69) is 15.3 Å². The number of rotatable bonds is 2. The zero-order valence-electron chi connectivity index (χ0n) is 9.97. The van der Waals surface area contributed by atoms with E-state index in [1.165, 1.54) is 0 Å². The minimum Gasteiger partial charge on any atom is -0.314 e. The minimum absolute atomic E-state index is 0.201. The third-order valence-electron chi connectivity index (χ3n) is 3.21. The van der Waals surface area contributed by atoms with Gasteiger partial charge in [-0.1, -0.05) is 0 Å². The van der Waals surface area contributed by atoms with Gasteiger partial charge in [-0.25, -0.2) is 4.98 Å². The van der Waals surface area contributed by atoms with Crippen molar-refractivity contribution in [2.75, 3.05) is 0 Å². The fraction of sp³-hybridized carbons (Fsp3) is 0.333. The van der Waals surface area contributed by atoms with Gasteiger partial charge < -0.3 is 4.57 Å². The maximum Gasteiger partial charge on any atom is 0.249 e. The fourth-order valence-electron chi connectivity index (χ4n) is 2.37. The van der Waals surface area contributed by atoms with Crippen molar-refractivity contribution >= 4 is 34.4 Å². The molecule has 2 amide bonds. The van der Waals surface area contributed by atoms with Crippen molar-refractivity contribution in [3.8, 4) is 0 Å². The van der Waals surface area contributed by atoms with Gasteiger partial charge in [0.05, 0.1) is 17.6 Å². The molecule has 0 aromatic carbocycles. The average molecular weight is 279 g/mol. The van der Waals surface area contributed by atoms with Gasteiger partial charge in [0.2, 0.25) is 11.8 Å². The summed E-state index contributed by atoms with van der Waals surface area (Å²) in [5.74, 6) is 0.268. The third kappa shape index (κ3) is 1.98. The standard InChI is InChI=1S/C12H11ClN4O2/c13-5-10-15-7-6-14-4-3-8(7)17(10)9-1-2-11(18)16-12(9)19/h3-4,6,9H,1-2,5H2,(H,16,18,19). The molecule has 0 saturated carbocycles. The van der Waals surface area contributed by atoms with Crippen LogP contribution in [0.3, 0.4) is 0 Å². The summed E-state index contributed by atoms with van der Waals surface area (Å²) in [7, 11) is 0. The van der Waals surface area contributed by atoms with Crippen molar-refractivity contribution < 1.29 is 9.59 Å². The lowest BCUT2D eigenvalue weighted by Gasteiger charge is -2.23. The third-order valence-corrected chi connectivity index (χ3v) is 3.45. The van der Waals surface area contributed by atoms with Crippen LogP contribution >= 0.6 is 11.6 Å². The van der Waals surface area contributed by atoms with Crippen LogP contribution in [0, 0.1) is 0 Å². The predicted molar refractivity (Wildman–Crippen MR) is 68.5 cm³/mol. The van der Waals surface area contributed by atoms with Crippen molar-refractivity contribution in [3.05, 3.63) is 24.3 Å². The molecule has 1 fully saturated rings. The summed E-state index contributed by atoms with van der Waals surface area (Å²) < 4.78 is 1.80. The number of amides is 2. The van der Waals surface area contributed by atoms with Crippen LogP contribution in [0.25, 0.3) is 11.0 Å². The SMILES string of the molecule is O=C1CCC(n2c(CCl)nc3cnccc32)C(=O)N1. The molecule has 3 rings (SSSR count). The molecule has 1 N–H and O–H groups in total. The van der Waals surface area contributed by atoms with Gasteiger partial charge in [0.15, 0.2) is 0 Å². The number of halogens is 1. The molecule has 3 heterocycles. The van der Waals surface area contributed by atoms with Crippen molar-refractivity contribution in [3.63, 3.8) is 0 Å². The van der Waals surface area contributed by atoms with Gasteiger partial charge in [-0.2, -0.15) is 0 Å². The molecule has 98 valence electrons. The molecule has 1 atom stereocenters. The van der Waals surface area contributed by atoms with E-state index in [9.17, 15) is 9.59 Å². The maximum atomic E-state index is 12.0. The van der Waals surface area contributed by atoms with Crippen LogP contribution in [0.5, 0.6) is 0 Å². The van der Waals surface area contributed by atoms with Crippen molar-refractivity contribution in [2.45, 2.75) is 24.8 Å². The van der Waals surface area contributed by atoms with Gasteiger partial charge in [0.1, 0.15) is 17.4 Å². The van der Waals surface area contributed by atoms with Crippen LogP contribution in [0.1, 0.15) is 24.7 Å². The molecule has 1 unspecified atom stereocenters. The molecule has 1 aliphatic rings. The Morgan fingerprint density at radius 2 is 2.32 bits per heavy atom. The first-order valence-corrected chi connectivity index (χ1v) is 6.44. The van der Waals surface area contributed by atoms with Gasteiger partial charge in [0, 0.05) is 12.6 Å². The van der Waals surface area contributed by atoms with E-state index >= 15 is 0 Å². The number of carbonyl (C=O) groups is 2. The molecule has 1 saturated heterocycles. The molecule has 6 nitrogen and oxygen atoms in total. The van der Waals surface area contributed by atoms with Gasteiger partial charge in [0.25, 0.3) is 0 Å². The number of nitrogens with one attached hydrogen (secondary N) is 1. The van der Waals surface area contributed by atoms with E-state index in [0.717, 1.165) is 5.52 Å². The lowest BCUT2D eigenvalue weighted by Crippen LogP contribution is -2.42. The summed E-state index contributed by atoms with van der Waals surface area (Å²) in [6.07, 6.45) is 4.06. The lowest BCUT2D eigenvalue weighted by atomic mass is 10.1. The number of aromatic nitrogens is 3. The van der Waals surface area contributed by atoms with Gasteiger partial charge in [-0.3, -0.25) is 19.9 Å². The minimum atomic E-state index is -0.446. The number of imide groups is 1. The Morgan fingerprint density at radius 3 is 3.05 bits per heavy atom. The van der Waals surface area contributed by atoms with Gasteiger partial charge >= 0.3 is 0 Å². The molecule has 2 aromatic heterocycles. The van der Waals surface area contributed by atoms with Crippen LogP contribution in [0.15, 0.2) is 18.5 Å². The van der Waals surface area contributed by atoms with E-state index in [-0.39, 0.29) is 17.7 Å². The summed E-state index contributed by atoms with van der Waals surface area (Å²) >= 11 is 5.90. The van der Waals surface area contributed by atoms with Crippen molar-refractivity contribution in [1.29, 1.82) is 0 Å². The number of pyridine rings is 1. The topological polar surface area (TPSA) is 76.9 Å². The largest absolute Gasteiger partial charge is 0.314 e. The number of hydrogen-bond acceptors (Lipinski definition) is 4. The molecule has 19 heavy (non-hydrogen) atoms. The molecule has 2 aromatic rings. The normalized spacial score (nSPS) is 19.7. The number of imidazole rings is 1. The highest BCUT2D eigenvalue weighted by atomic mass is 35.5. The molecule has 0 bridgehead atoms. The second kappa shape index (κ2) is 4.62. The molecular weight excluding hydrogens is 268 g/mol. The highest BCUT2D eigenvalue weighted by Gasteiger charge is 2.30. The van der Waals surface area contributed by atoms with Crippen LogP contribution < -0.4 is 5.32 Å². The Labute approximate surface area is 113 Å². The monoisotopic (exact) mass is 278 g/mol. The molecule has 1 aliphatic heterocycles. The number of fused-ring (bicyclic) bond motifs is 1. The number of carbonyl (C=O) groups excluding carboxylic acids is 2. The van der Waals surface area contributed by atoms with E-state index in [1.54, 1.807) is 23.0 Å². The highest BCUT2D eigenvalue weighted by molar-refractivity contribution is 6.17. The van der Waals surface area contributed by atoms with E-state index < -0.39 is 6.04 Å². The average Bonchev–Trinajstić information content (AvgIpc) is 2.77. The first kappa shape index (κ1) is 12.1. The molecule has 0 aliphatic carbocycles. The number of alkyl halides is 1. The lowest BCUT2D eigenvalue weighted by molar-refractivity contribution is -0.135. The second-order valence-corrected chi connectivity index (χ2v) is 4.63. The first-order chi connectivity index (χ1) is 9.20. The Kier molecular flexibility index (Phi) is 2.94. The Hall–Kier alpha value is -1.95. The van der Waals surface area contributed by atoms with Crippen LogP contribution in [0.2, 0.25) is 0 Å². The van der Waals surface area contributed by atoms with Crippen LogP contribution in [0.4, 0.5) is 0 Å². The Bertz CT molecular complexity index is 667. The zero-order valence-corrected chi connectivity index (χ0v) is 10.7. The Morgan fingerprint density at radius 1 is 1.47 bits per heavy atom. The predicted octanol–water partition coefficient (Wildman–Crippen LogP) is 1.15. The van der Waals surface area contributed by atoms with Gasteiger partial charge in [-0.15, -0.1) is 11.6 Å². The maximum absolute atomic E-state index is 12.0. The first-order valence-electron chi connectivity index (χ1n) is 5.91. The summed E-state index contributed by atoms with van der Waals surface area (Å²) in [6.45, 7) is 0. The molecule has 7 heteroatoms. The number of piperidine rings is 1. The quantitative estimate of drug-likeness (QED) is 0.660. The zero-order chi connectivity index (χ0) is 13.4. The molecular formula is C12H11ClN4O2. The highest BCUT2D eigenvalue weighted by Crippen LogP contribution is 2.26. The number of hydrogen-bond donors (Lipinski definition) is 1. The summed E-state index contributed by atoms with van der Waals surface area (Å²) in [5, 5.41) is 2.35. The summed E-state index contributed by atoms with van der Waals surface area (Å²) in [6, 6.07) is 1.35. The molecule has 0 radical (unpaired) electrons. The van der Waals surface area contributed by atoms with Crippen molar-refractivity contribution in [1.82, 2.24) is 19.9 Å².